The number of nitrogens with one attached hydrogen (secondary N) is 3. The third-order valence-corrected chi connectivity index (χ3v) is 6.17. The van der Waals surface area contributed by atoms with Gasteiger partial charge in [-0.1, -0.05) is 49.3 Å². The summed E-state index contributed by atoms with van der Waals surface area (Å²) in [6.45, 7) is 5.73. The van der Waals surface area contributed by atoms with Crippen LogP contribution in [0.2, 0.25) is 0 Å². The van der Waals surface area contributed by atoms with Crippen molar-refractivity contribution in [1.82, 2.24) is 16.0 Å². The molecule has 0 aromatic rings. The van der Waals surface area contributed by atoms with E-state index in [-0.39, 0.29) is 55.2 Å². The fraction of sp³-hybridized carbons (Fsp3) is 0.792. The highest BCUT2D eigenvalue weighted by Gasteiger charge is 2.29. The summed E-state index contributed by atoms with van der Waals surface area (Å²) in [5, 5.41) is 8.05. The third-order valence-electron chi connectivity index (χ3n) is 5.32. The van der Waals surface area contributed by atoms with Gasteiger partial charge < -0.3 is 21.7 Å². The highest BCUT2D eigenvalue weighted by molar-refractivity contribution is 14.1. The predicted octanol–water partition coefficient (Wildman–Crippen LogP) is 3.02. The van der Waals surface area contributed by atoms with Crippen molar-refractivity contribution in [2.24, 2.45) is 17.6 Å². The molecule has 0 spiro atoms. The van der Waals surface area contributed by atoms with Crippen LogP contribution in [0.1, 0.15) is 86.8 Å². The SMILES string of the molecule is [2H]C[C@@H](C)NC(=O)C(CCCNC(N)=O)CC(=O)[C@@H](NC(=O)CCCCCCC(=O)CI)C(C)C. The van der Waals surface area contributed by atoms with Gasteiger partial charge in [0, 0.05) is 39.1 Å². The second kappa shape index (κ2) is 18.6. The molecule has 0 rings (SSSR count). The number of rotatable bonds is 19. The van der Waals surface area contributed by atoms with Crippen molar-refractivity contribution in [2.75, 3.05) is 11.0 Å². The van der Waals surface area contributed by atoms with Crippen molar-refractivity contribution in [3.05, 3.63) is 0 Å². The normalized spacial score (nSPS) is 14.0. The lowest BCUT2D eigenvalue weighted by Gasteiger charge is -2.24. The fourth-order valence-corrected chi connectivity index (χ4v) is 3.89. The molecule has 0 aliphatic heterocycles. The maximum atomic E-state index is 13.1. The second-order valence-electron chi connectivity index (χ2n) is 9.09. The summed E-state index contributed by atoms with van der Waals surface area (Å²) < 4.78 is 7.94. The zero-order valence-electron chi connectivity index (χ0n) is 21.8. The average Bonchev–Trinajstić information content (AvgIpc) is 2.80. The Morgan fingerprint density at radius 3 is 2.15 bits per heavy atom. The molecule has 9 nitrogen and oxygen atoms in total. The molecule has 0 aliphatic rings. The van der Waals surface area contributed by atoms with Gasteiger partial charge in [0.2, 0.25) is 11.8 Å². The van der Waals surface area contributed by atoms with Crippen molar-refractivity contribution in [3.63, 3.8) is 0 Å². The van der Waals surface area contributed by atoms with Gasteiger partial charge in [0.15, 0.2) is 5.78 Å². The number of carbonyl (C=O) groups is 5. The molecule has 0 saturated carbocycles. The van der Waals surface area contributed by atoms with E-state index in [0.717, 1.165) is 19.3 Å². The molecule has 5 N–H and O–H groups in total. The molecule has 34 heavy (non-hydrogen) atoms. The molecule has 0 radical (unpaired) electrons. The quantitative estimate of drug-likeness (QED) is 0.103. The lowest BCUT2D eigenvalue weighted by atomic mass is 9.89. The second-order valence-corrected chi connectivity index (χ2v) is 9.85. The minimum atomic E-state index is -0.698. The molecule has 4 amide bonds. The molecule has 3 atom stereocenters. The van der Waals surface area contributed by atoms with E-state index in [4.69, 9.17) is 7.10 Å². The van der Waals surface area contributed by atoms with Gasteiger partial charge in [-0.05, 0) is 45.4 Å². The number of halogens is 1. The monoisotopic (exact) mass is 595 g/mol. The first kappa shape index (κ1) is 30.3. The van der Waals surface area contributed by atoms with Gasteiger partial charge >= 0.3 is 6.03 Å². The van der Waals surface area contributed by atoms with Crippen molar-refractivity contribution in [2.45, 2.75) is 97.5 Å². The number of unbranched alkanes of at least 4 members (excludes halogenated alkanes) is 3. The standard InChI is InChI=1S/C24H43IN4O5/c1-16(2)22(29-21(32)12-8-6-5-7-11-19(30)15-25)20(31)14-18(23(33)28-17(3)4)10-9-13-27-24(26)34/h16-18,22H,5-15H2,1-4H3,(H,28,33)(H,29,32)(H3,26,27,34)/t18?,22-/m0/s1/i3D/t17-,18?,22-. The predicted molar refractivity (Wildman–Crippen MR) is 142 cm³/mol. The first-order chi connectivity index (χ1) is 16.5. The smallest absolute Gasteiger partial charge is 0.312 e. The lowest BCUT2D eigenvalue weighted by molar-refractivity contribution is -0.133. The first-order valence-electron chi connectivity index (χ1n) is 12.7. The zero-order chi connectivity index (χ0) is 26.8. The summed E-state index contributed by atoms with van der Waals surface area (Å²) >= 11 is 2.06. The maximum absolute atomic E-state index is 13.1. The molecule has 0 aliphatic carbocycles. The van der Waals surface area contributed by atoms with Crippen LogP contribution in [0.15, 0.2) is 0 Å². The van der Waals surface area contributed by atoms with Crippen LogP contribution in [0.5, 0.6) is 0 Å². The molecule has 1 unspecified atom stereocenters. The van der Waals surface area contributed by atoms with E-state index in [1.54, 1.807) is 6.92 Å². The summed E-state index contributed by atoms with van der Waals surface area (Å²) in [5.74, 6) is -1.26. The Balaban J connectivity index is 4.85. The number of ketones is 2. The Labute approximate surface area is 219 Å². The van der Waals surface area contributed by atoms with E-state index < -0.39 is 18.0 Å². The lowest BCUT2D eigenvalue weighted by Crippen LogP contribution is -2.46. The zero-order valence-corrected chi connectivity index (χ0v) is 22.9. The molecule has 10 heteroatoms. The average molecular weight is 596 g/mol. The van der Waals surface area contributed by atoms with Crippen LogP contribution in [0.25, 0.3) is 0 Å². The summed E-state index contributed by atoms with van der Waals surface area (Å²) in [6.07, 6.45) is 4.92. The Morgan fingerprint density at radius 1 is 0.941 bits per heavy atom. The van der Waals surface area contributed by atoms with E-state index >= 15 is 0 Å². The van der Waals surface area contributed by atoms with E-state index in [2.05, 4.69) is 38.5 Å². The number of urea groups is 1. The molecule has 196 valence electrons. The first-order valence-corrected chi connectivity index (χ1v) is 13.6. The minimum absolute atomic E-state index is 0.0227. The fourth-order valence-electron chi connectivity index (χ4n) is 3.51. The number of nitrogens with two attached hydrogens (primary N) is 1. The summed E-state index contributed by atoms with van der Waals surface area (Å²) in [7, 11) is 0. The molecule has 0 bridgehead atoms. The number of amides is 4. The summed E-state index contributed by atoms with van der Waals surface area (Å²) in [4.78, 5) is 60.5. The molecule has 0 fully saturated rings. The number of carbonyl (C=O) groups excluding carboxylic acids is 5. The largest absolute Gasteiger partial charge is 0.354 e. The Morgan fingerprint density at radius 2 is 1.59 bits per heavy atom. The van der Waals surface area contributed by atoms with E-state index in [9.17, 15) is 24.0 Å². The van der Waals surface area contributed by atoms with E-state index in [0.29, 0.717) is 36.5 Å². The van der Waals surface area contributed by atoms with Crippen LogP contribution in [-0.2, 0) is 19.2 Å². The number of hydrogen-bond donors (Lipinski definition) is 4. The highest BCUT2D eigenvalue weighted by Crippen LogP contribution is 2.17. The van der Waals surface area contributed by atoms with Crippen LogP contribution in [0.4, 0.5) is 4.79 Å². The van der Waals surface area contributed by atoms with E-state index in [1.165, 1.54) is 0 Å². The van der Waals surface area contributed by atoms with Gasteiger partial charge in [0.25, 0.3) is 0 Å². The Hall–Kier alpha value is -1.72. The van der Waals surface area contributed by atoms with Gasteiger partial charge in [0.05, 0.1) is 10.5 Å². The van der Waals surface area contributed by atoms with Gasteiger partial charge in [-0.15, -0.1) is 0 Å². The Bertz CT molecular complexity index is 693. The third kappa shape index (κ3) is 16.0. The molecule has 0 aromatic carbocycles. The van der Waals surface area contributed by atoms with Crippen LogP contribution in [0, 0.1) is 11.8 Å². The van der Waals surface area contributed by atoms with Crippen LogP contribution in [0.3, 0.4) is 0 Å². The van der Waals surface area contributed by atoms with Crippen LogP contribution < -0.4 is 21.7 Å². The number of primary amides is 1. The summed E-state index contributed by atoms with van der Waals surface area (Å²) in [6, 6.07) is -1.69. The van der Waals surface area contributed by atoms with Crippen molar-refractivity contribution < 1.29 is 25.3 Å². The molecule has 0 heterocycles. The minimum Gasteiger partial charge on any atom is -0.354 e. The topological polar surface area (TPSA) is 147 Å². The van der Waals surface area contributed by atoms with Gasteiger partial charge in [-0.25, -0.2) is 4.79 Å². The number of hydrogen-bond acceptors (Lipinski definition) is 5. The maximum Gasteiger partial charge on any atom is 0.312 e. The molecular formula is C24H43IN4O5. The van der Waals surface area contributed by atoms with Gasteiger partial charge in [-0.2, -0.15) is 0 Å². The van der Waals surface area contributed by atoms with Gasteiger partial charge in [-0.3, -0.25) is 19.2 Å². The molecule has 0 saturated heterocycles. The number of alkyl halides is 1. The van der Waals surface area contributed by atoms with Gasteiger partial charge in [0.1, 0.15) is 5.78 Å². The van der Waals surface area contributed by atoms with Crippen molar-refractivity contribution in [3.8, 4) is 0 Å². The Kier molecular flexibility index (Phi) is 16.6. The van der Waals surface area contributed by atoms with Crippen molar-refractivity contribution >= 4 is 52.0 Å². The van der Waals surface area contributed by atoms with Crippen molar-refractivity contribution in [1.29, 1.82) is 0 Å². The summed E-state index contributed by atoms with van der Waals surface area (Å²) in [5.41, 5.74) is 5.07. The molecular weight excluding hydrogens is 551 g/mol. The van der Waals surface area contributed by atoms with Crippen LogP contribution in [-0.4, -0.2) is 52.5 Å². The highest BCUT2D eigenvalue weighted by atomic mass is 127. The van der Waals surface area contributed by atoms with E-state index in [1.807, 2.05) is 13.8 Å². The molecule has 0 aromatic heterocycles. The number of Topliss-reactive ketones (excluding diaryl/α,β-unsaturated/α-hetero) is 2. The van der Waals surface area contributed by atoms with Crippen LogP contribution >= 0.6 is 22.6 Å².